The maximum Gasteiger partial charge on any atom is 0.310 e. The molecule has 0 aromatic heterocycles. The molecule has 1 saturated heterocycles. The van der Waals surface area contributed by atoms with Crippen molar-refractivity contribution in [2.24, 2.45) is 5.92 Å². The first-order valence-electron chi connectivity index (χ1n) is 6.83. The van der Waals surface area contributed by atoms with Crippen LogP contribution in [-0.2, 0) is 14.3 Å². The van der Waals surface area contributed by atoms with Crippen molar-refractivity contribution in [3.63, 3.8) is 0 Å². The summed E-state index contributed by atoms with van der Waals surface area (Å²) < 4.78 is 5.05. The Kier molecular flexibility index (Phi) is 6.72. The number of esters is 1. The number of rotatable bonds is 6. The third-order valence-electron chi connectivity index (χ3n) is 3.15. The van der Waals surface area contributed by atoms with E-state index in [1.807, 2.05) is 13.8 Å². The van der Waals surface area contributed by atoms with Gasteiger partial charge >= 0.3 is 5.97 Å². The van der Waals surface area contributed by atoms with E-state index in [0.717, 1.165) is 32.5 Å². The fourth-order valence-corrected chi connectivity index (χ4v) is 2.26. The molecule has 18 heavy (non-hydrogen) atoms. The van der Waals surface area contributed by atoms with E-state index >= 15 is 0 Å². The molecule has 5 nitrogen and oxygen atoms in total. The van der Waals surface area contributed by atoms with Crippen molar-refractivity contribution in [3.05, 3.63) is 0 Å². The highest BCUT2D eigenvalue weighted by atomic mass is 16.5. The van der Waals surface area contributed by atoms with Gasteiger partial charge in [-0.25, -0.2) is 0 Å². The second-order valence-electron chi connectivity index (χ2n) is 4.60. The van der Waals surface area contributed by atoms with Crippen LogP contribution in [0.4, 0.5) is 0 Å². The summed E-state index contributed by atoms with van der Waals surface area (Å²) in [7, 11) is 0. The van der Waals surface area contributed by atoms with E-state index in [2.05, 4.69) is 10.2 Å². The molecular weight excluding hydrogens is 232 g/mol. The van der Waals surface area contributed by atoms with Crippen LogP contribution in [0.5, 0.6) is 0 Å². The number of likely N-dealkylation sites (tertiary alicyclic amines) is 1. The Morgan fingerprint density at radius 3 is 2.83 bits per heavy atom. The highest BCUT2D eigenvalue weighted by Crippen LogP contribution is 2.17. The summed E-state index contributed by atoms with van der Waals surface area (Å²) in [6.07, 6.45) is 2.40. The number of nitrogens with one attached hydrogen (secondary N) is 1. The van der Waals surface area contributed by atoms with Crippen LogP contribution in [0.15, 0.2) is 0 Å². The van der Waals surface area contributed by atoms with Gasteiger partial charge in [-0.1, -0.05) is 0 Å². The van der Waals surface area contributed by atoms with Crippen molar-refractivity contribution < 1.29 is 14.3 Å². The minimum atomic E-state index is -0.0970. The second-order valence-corrected chi connectivity index (χ2v) is 4.60. The van der Waals surface area contributed by atoms with Gasteiger partial charge in [-0.3, -0.25) is 9.59 Å². The molecule has 1 fully saturated rings. The molecule has 1 amide bonds. The Morgan fingerprint density at radius 2 is 2.17 bits per heavy atom. The molecule has 5 heteroatoms. The molecule has 1 atom stereocenters. The second kappa shape index (κ2) is 8.08. The van der Waals surface area contributed by atoms with Crippen molar-refractivity contribution in [1.29, 1.82) is 0 Å². The summed E-state index contributed by atoms with van der Waals surface area (Å²) in [5, 5.41) is 2.78. The van der Waals surface area contributed by atoms with Gasteiger partial charge in [-0.15, -0.1) is 0 Å². The van der Waals surface area contributed by atoms with E-state index in [-0.39, 0.29) is 17.8 Å². The lowest BCUT2D eigenvalue weighted by Crippen LogP contribution is -2.41. The van der Waals surface area contributed by atoms with Gasteiger partial charge in [0.15, 0.2) is 0 Å². The molecule has 1 N–H and O–H groups in total. The van der Waals surface area contributed by atoms with Crippen LogP contribution >= 0.6 is 0 Å². The molecule has 0 saturated carbocycles. The van der Waals surface area contributed by atoms with Crippen LogP contribution < -0.4 is 5.32 Å². The van der Waals surface area contributed by atoms with Gasteiger partial charge in [0, 0.05) is 26.1 Å². The maximum absolute atomic E-state index is 11.7. The lowest BCUT2D eigenvalue weighted by molar-refractivity contribution is -0.149. The fraction of sp³-hybridized carbons (Fsp3) is 0.846. The average Bonchev–Trinajstić information content (AvgIpc) is 2.37. The van der Waals surface area contributed by atoms with Gasteiger partial charge < -0.3 is 15.0 Å². The molecule has 0 aromatic rings. The normalized spacial score (nSPS) is 20.4. The summed E-state index contributed by atoms with van der Waals surface area (Å²) in [5.74, 6) is -0.0381. The molecule has 0 unspecified atom stereocenters. The Bertz CT molecular complexity index is 281. The van der Waals surface area contributed by atoms with Gasteiger partial charge in [-0.05, 0) is 33.2 Å². The molecule has 0 radical (unpaired) electrons. The van der Waals surface area contributed by atoms with E-state index < -0.39 is 0 Å². The number of carbonyl (C=O) groups is 2. The standard InChI is InChI=1S/C13H24N2O3/c1-3-14-12(16)7-9-15-8-5-6-11(10-15)13(17)18-4-2/h11H,3-10H2,1-2H3,(H,14,16)/t11-/m1/s1. The lowest BCUT2D eigenvalue weighted by Gasteiger charge is -2.31. The quantitative estimate of drug-likeness (QED) is 0.714. The molecule has 1 rings (SSSR count). The number of amides is 1. The van der Waals surface area contributed by atoms with Crippen LogP contribution in [0.1, 0.15) is 33.1 Å². The van der Waals surface area contributed by atoms with Crippen LogP contribution in [0.3, 0.4) is 0 Å². The lowest BCUT2D eigenvalue weighted by atomic mass is 9.98. The van der Waals surface area contributed by atoms with Gasteiger partial charge in [0.25, 0.3) is 0 Å². The Morgan fingerprint density at radius 1 is 1.39 bits per heavy atom. The van der Waals surface area contributed by atoms with E-state index in [0.29, 0.717) is 19.6 Å². The van der Waals surface area contributed by atoms with Crippen molar-refractivity contribution >= 4 is 11.9 Å². The molecule has 0 aliphatic carbocycles. The number of hydrogen-bond acceptors (Lipinski definition) is 4. The highest BCUT2D eigenvalue weighted by molar-refractivity contribution is 5.76. The molecule has 1 aliphatic heterocycles. The molecule has 104 valence electrons. The van der Waals surface area contributed by atoms with Crippen molar-refractivity contribution in [1.82, 2.24) is 10.2 Å². The fourth-order valence-electron chi connectivity index (χ4n) is 2.26. The molecule has 1 heterocycles. The van der Waals surface area contributed by atoms with Crippen LogP contribution in [0, 0.1) is 5.92 Å². The summed E-state index contributed by atoms with van der Waals surface area (Å²) in [6, 6.07) is 0. The van der Waals surface area contributed by atoms with Crippen molar-refractivity contribution in [3.8, 4) is 0 Å². The molecule has 1 aliphatic rings. The Hall–Kier alpha value is -1.10. The summed E-state index contributed by atoms with van der Waals surface area (Å²) in [6.45, 7) is 7.26. The third-order valence-corrected chi connectivity index (χ3v) is 3.15. The zero-order valence-electron chi connectivity index (χ0n) is 11.4. The largest absolute Gasteiger partial charge is 0.466 e. The minimum absolute atomic E-state index is 0.0204. The van der Waals surface area contributed by atoms with Gasteiger partial charge in [0.05, 0.1) is 12.5 Å². The van der Waals surface area contributed by atoms with Gasteiger partial charge in [0.1, 0.15) is 0 Å². The SMILES string of the molecule is CCNC(=O)CCN1CCC[C@@H](C(=O)OCC)C1. The predicted octanol–water partition coefficient (Wildman–Crippen LogP) is 0.788. The predicted molar refractivity (Wildman–Crippen MR) is 69.1 cm³/mol. The first kappa shape index (κ1) is 15.0. The van der Waals surface area contributed by atoms with Gasteiger partial charge in [0.2, 0.25) is 5.91 Å². The van der Waals surface area contributed by atoms with E-state index in [1.54, 1.807) is 0 Å². The smallest absolute Gasteiger partial charge is 0.310 e. The van der Waals surface area contributed by atoms with Gasteiger partial charge in [-0.2, -0.15) is 0 Å². The maximum atomic E-state index is 11.7. The number of piperidine rings is 1. The zero-order chi connectivity index (χ0) is 13.4. The first-order valence-corrected chi connectivity index (χ1v) is 6.83. The monoisotopic (exact) mass is 256 g/mol. The molecular formula is C13H24N2O3. The third kappa shape index (κ3) is 5.04. The number of carbonyl (C=O) groups excluding carboxylic acids is 2. The van der Waals surface area contributed by atoms with E-state index in [4.69, 9.17) is 4.74 Å². The van der Waals surface area contributed by atoms with Crippen molar-refractivity contribution in [2.45, 2.75) is 33.1 Å². The highest BCUT2D eigenvalue weighted by Gasteiger charge is 2.26. The van der Waals surface area contributed by atoms with Crippen LogP contribution in [0.25, 0.3) is 0 Å². The van der Waals surface area contributed by atoms with E-state index in [1.165, 1.54) is 0 Å². The molecule has 0 bridgehead atoms. The number of hydrogen-bond donors (Lipinski definition) is 1. The summed E-state index contributed by atoms with van der Waals surface area (Å²) in [4.78, 5) is 25.2. The summed E-state index contributed by atoms with van der Waals surface area (Å²) in [5.41, 5.74) is 0. The Balaban J connectivity index is 2.30. The molecule has 0 spiro atoms. The molecule has 0 aromatic carbocycles. The summed E-state index contributed by atoms with van der Waals surface area (Å²) >= 11 is 0. The minimum Gasteiger partial charge on any atom is -0.466 e. The van der Waals surface area contributed by atoms with Crippen molar-refractivity contribution in [2.75, 3.05) is 32.8 Å². The first-order chi connectivity index (χ1) is 8.67. The van der Waals surface area contributed by atoms with Crippen LogP contribution in [-0.4, -0.2) is 49.6 Å². The zero-order valence-corrected chi connectivity index (χ0v) is 11.4. The topological polar surface area (TPSA) is 58.6 Å². The van der Waals surface area contributed by atoms with E-state index in [9.17, 15) is 9.59 Å². The Labute approximate surface area is 109 Å². The average molecular weight is 256 g/mol. The number of nitrogens with zero attached hydrogens (tertiary/aromatic N) is 1. The number of ether oxygens (including phenoxy) is 1. The van der Waals surface area contributed by atoms with Crippen LogP contribution in [0.2, 0.25) is 0 Å².